The van der Waals surface area contributed by atoms with Gasteiger partial charge in [-0.2, -0.15) is 0 Å². The van der Waals surface area contributed by atoms with E-state index in [9.17, 15) is 9.59 Å². The largest absolute Gasteiger partial charge is 0.478 e. The number of halogens is 3. The van der Waals surface area contributed by atoms with E-state index in [0.29, 0.717) is 0 Å². The van der Waals surface area contributed by atoms with Crippen LogP contribution in [0.4, 0.5) is 0 Å². The van der Waals surface area contributed by atoms with Crippen LogP contribution >= 0.6 is 34.8 Å². The first-order valence-electron chi connectivity index (χ1n) is 3.78. The van der Waals surface area contributed by atoms with E-state index in [-0.39, 0.29) is 11.1 Å². The number of carboxylic acids is 1. The van der Waals surface area contributed by atoms with Crippen LogP contribution in [-0.2, 0) is 0 Å². The third-order valence-electron chi connectivity index (χ3n) is 1.66. The summed E-state index contributed by atoms with van der Waals surface area (Å²) in [6, 6.07) is 5.55. The van der Waals surface area contributed by atoms with Crippen LogP contribution in [0.1, 0.15) is 20.7 Å². The van der Waals surface area contributed by atoms with E-state index < -0.39 is 15.5 Å². The second-order valence-electron chi connectivity index (χ2n) is 2.68. The molecule has 0 saturated carbocycles. The molecule has 1 aromatic rings. The topological polar surface area (TPSA) is 54.4 Å². The number of hydrogen-bond donors (Lipinski definition) is 1. The lowest BCUT2D eigenvalue weighted by Crippen LogP contribution is -2.21. The summed E-state index contributed by atoms with van der Waals surface area (Å²) in [5.41, 5.74) is -0.307. The van der Waals surface area contributed by atoms with E-state index in [4.69, 9.17) is 39.9 Å². The van der Waals surface area contributed by atoms with Gasteiger partial charge in [-0.15, -0.1) is 0 Å². The lowest BCUT2D eigenvalue weighted by Gasteiger charge is -2.10. The van der Waals surface area contributed by atoms with Gasteiger partial charge in [-0.1, -0.05) is 53.0 Å². The minimum Gasteiger partial charge on any atom is -0.478 e. The SMILES string of the molecule is O=C(O)c1ccccc1C(=O)C(Cl)(Cl)Cl. The number of aromatic carboxylic acids is 1. The quantitative estimate of drug-likeness (QED) is 0.662. The van der Waals surface area contributed by atoms with Crippen LogP contribution in [0.15, 0.2) is 24.3 Å². The van der Waals surface area contributed by atoms with Crippen molar-refractivity contribution in [2.45, 2.75) is 3.79 Å². The lowest BCUT2D eigenvalue weighted by atomic mass is 10.0. The molecule has 1 N–H and O–H groups in total. The van der Waals surface area contributed by atoms with Gasteiger partial charge in [-0.25, -0.2) is 4.79 Å². The fourth-order valence-corrected chi connectivity index (χ4v) is 1.33. The average molecular weight is 267 g/mol. The summed E-state index contributed by atoms with van der Waals surface area (Å²) < 4.78 is -2.15. The molecule has 80 valence electrons. The van der Waals surface area contributed by atoms with Gasteiger partial charge in [0.25, 0.3) is 3.79 Å². The summed E-state index contributed by atoms with van der Waals surface area (Å²) in [7, 11) is 0. The maximum atomic E-state index is 11.5. The van der Waals surface area contributed by atoms with Gasteiger partial charge in [0.05, 0.1) is 5.56 Å². The number of carboxylic acid groups (broad SMARTS) is 1. The summed E-state index contributed by atoms with van der Waals surface area (Å²) in [4.78, 5) is 22.3. The molecule has 1 aromatic carbocycles. The number of hydrogen-bond acceptors (Lipinski definition) is 2. The molecule has 0 aliphatic heterocycles. The molecule has 0 radical (unpaired) electrons. The fraction of sp³-hybridized carbons (Fsp3) is 0.111. The van der Waals surface area contributed by atoms with Crippen molar-refractivity contribution >= 4 is 46.6 Å². The normalized spacial score (nSPS) is 11.1. The van der Waals surface area contributed by atoms with Gasteiger partial charge in [-0.3, -0.25) is 4.79 Å². The highest BCUT2D eigenvalue weighted by molar-refractivity contribution is 6.77. The van der Waals surface area contributed by atoms with Gasteiger partial charge in [0, 0.05) is 5.56 Å². The Bertz CT molecular complexity index is 409. The average Bonchev–Trinajstić information content (AvgIpc) is 2.15. The Morgan fingerprint density at radius 2 is 1.53 bits per heavy atom. The van der Waals surface area contributed by atoms with Gasteiger partial charge in [0.1, 0.15) is 0 Å². The summed E-state index contributed by atoms with van der Waals surface area (Å²) >= 11 is 16.1. The number of rotatable bonds is 2. The van der Waals surface area contributed by atoms with Crippen LogP contribution in [0.3, 0.4) is 0 Å². The zero-order valence-electron chi connectivity index (χ0n) is 7.21. The van der Waals surface area contributed by atoms with Crippen LogP contribution in [0.5, 0.6) is 0 Å². The highest BCUT2D eigenvalue weighted by atomic mass is 35.6. The van der Waals surface area contributed by atoms with E-state index in [2.05, 4.69) is 0 Å². The van der Waals surface area contributed by atoms with Crippen molar-refractivity contribution in [3.63, 3.8) is 0 Å². The lowest BCUT2D eigenvalue weighted by molar-refractivity contribution is 0.0692. The summed E-state index contributed by atoms with van der Waals surface area (Å²) in [6.45, 7) is 0. The number of benzene rings is 1. The van der Waals surface area contributed by atoms with E-state index in [1.54, 1.807) is 0 Å². The minimum absolute atomic E-state index is 0.120. The van der Waals surface area contributed by atoms with Crippen LogP contribution in [-0.4, -0.2) is 20.7 Å². The molecule has 0 unspecified atom stereocenters. The van der Waals surface area contributed by atoms with Gasteiger partial charge in [0.15, 0.2) is 0 Å². The molecule has 0 aliphatic carbocycles. The van der Waals surface area contributed by atoms with Crippen molar-refractivity contribution in [3.8, 4) is 0 Å². The van der Waals surface area contributed by atoms with E-state index >= 15 is 0 Å². The Labute approximate surface area is 101 Å². The van der Waals surface area contributed by atoms with Crippen molar-refractivity contribution in [1.82, 2.24) is 0 Å². The van der Waals surface area contributed by atoms with Gasteiger partial charge in [0.2, 0.25) is 5.78 Å². The zero-order chi connectivity index (χ0) is 11.6. The molecular weight excluding hydrogens is 262 g/mol. The molecule has 0 aromatic heterocycles. The Hall–Kier alpha value is -0.770. The van der Waals surface area contributed by atoms with Gasteiger partial charge >= 0.3 is 5.97 Å². The molecule has 0 fully saturated rings. The molecule has 1 rings (SSSR count). The molecule has 15 heavy (non-hydrogen) atoms. The Balaban J connectivity index is 3.26. The molecule has 0 spiro atoms. The van der Waals surface area contributed by atoms with E-state index in [1.165, 1.54) is 24.3 Å². The predicted molar refractivity (Wildman–Crippen MR) is 58.0 cm³/mol. The maximum absolute atomic E-state index is 11.5. The van der Waals surface area contributed by atoms with Crippen LogP contribution < -0.4 is 0 Å². The third kappa shape index (κ3) is 2.84. The second-order valence-corrected chi connectivity index (χ2v) is 4.96. The Morgan fingerprint density at radius 3 is 1.93 bits per heavy atom. The van der Waals surface area contributed by atoms with Crippen molar-refractivity contribution in [1.29, 1.82) is 0 Å². The molecule has 0 heterocycles. The van der Waals surface area contributed by atoms with Crippen molar-refractivity contribution in [3.05, 3.63) is 35.4 Å². The molecule has 0 bridgehead atoms. The monoisotopic (exact) mass is 266 g/mol. The Morgan fingerprint density at radius 1 is 1.07 bits per heavy atom. The number of carbonyl (C=O) groups is 2. The molecule has 0 saturated heterocycles. The smallest absolute Gasteiger partial charge is 0.336 e. The summed E-state index contributed by atoms with van der Waals surface area (Å²) in [5.74, 6) is -2.10. The highest BCUT2D eigenvalue weighted by Gasteiger charge is 2.33. The molecule has 0 amide bonds. The van der Waals surface area contributed by atoms with E-state index in [0.717, 1.165) is 0 Å². The first-order chi connectivity index (χ1) is 6.84. The van der Waals surface area contributed by atoms with Gasteiger partial charge in [-0.05, 0) is 6.07 Å². The predicted octanol–water partition coefficient (Wildman–Crippen LogP) is 2.94. The molecule has 0 aliphatic rings. The first-order valence-corrected chi connectivity index (χ1v) is 4.91. The number of carbonyl (C=O) groups excluding carboxylic acids is 1. The summed E-state index contributed by atoms with van der Waals surface area (Å²) in [5, 5.41) is 8.80. The fourth-order valence-electron chi connectivity index (χ4n) is 1.02. The van der Waals surface area contributed by atoms with Crippen LogP contribution in [0.25, 0.3) is 0 Å². The van der Waals surface area contributed by atoms with Crippen molar-refractivity contribution in [2.75, 3.05) is 0 Å². The first kappa shape index (κ1) is 12.3. The summed E-state index contributed by atoms with van der Waals surface area (Å²) in [6.07, 6.45) is 0. The molecule has 3 nitrogen and oxygen atoms in total. The third-order valence-corrected chi connectivity index (χ3v) is 2.17. The molecule has 6 heteroatoms. The highest BCUT2D eigenvalue weighted by Crippen LogP contribution is 2.31. The number of ketones is 1. The number of Topliss-reactive ketones (excluding diaryl/α,β-unsaturated/α-hetero) is 1. The Kier molecular flexibility index (Phi) is 3.60. The standard InChI is InChI=1S/C9H5Cl3O3/c10-9(11,12)7(13)5-3-1-2-4-6(5)8(14)15/h1-4H,(H,14,15). The van der Waals surface area contributed by atoms with Gasteiger partial charge < -0.3 is 5.11 Å². The van der Waals surface area contributed by atoms with E-state index in [1.807, 2.05) is 0 Å². The zero-order valence-corrected chi connectivity index (χ0v) is 9.47. The number of alkyl halides is 3. The van der Waals surface area contributed by atoms with Crippen LogP contribution in [0.2, 0.25) is 0 Å². The van der Waals surface area contributed by atoms with Crippen LogP contribution in [0, 0.1) is 0 Å². The molecular formula is C9H5Cl3O3. The van der Waals surface area contributed by atoms with Crippen molar-refractivity contribution in [2.24, 2.45) is 0 Å². The second kappa shape index (κ2) is 4.39. The minimum atomic E-state index is -2.15. The van der Waals surface area contributed by atoms with Crippen molar-refractivity contribution < 1.29 is 14.7 Å². The molecule has 0 atom stereocenters. The maximum Gasteiger partial charge on any atom is 0.336 e.